The van der Waals surface area contributed by atoms with Gasteiger partial charge in [0.15, 0.2) is 11.5 Å². The van der Waals surface area contributed by atoms with E-state index in [1.54, 1.807) is 0 Å². The van der Waals surface area contributed by atoms with Gasteiger partial charge < -0.3 is 35.6 Å². The number of aromatic hydroxyl groups is 1. The average molecular weight is 369 g/mol. The number of carboxylic acid groups (broad SMARTS) is 1. The summed E-state index contributed by atoms with van der Waals surface area (Å²) in [4.78, 5) is 45.2. The van der Waals surface area contributed by atoms with Gasteiger partial charge in [-0.05, 0) is 12.1 Å². The predicted molar refractivity (Wildman–Crippen MR) is 87.2 cm³/mol. The van der Waals surface area contributed by atoms with E-state index in [0.717, 1.165) is 0 Å². The monoisotopic (exact) mass is 369 g/mol. The molecule has 1 aromatic carbocycles. The molecule has 0 heterocycles. The first kappa shape index (κ1) is 20.5. The number of methoxy groups -OCH3 is 2. The van der Waals surface area contributed by atoms with Crippen LogP contribution in [0.2, 0.25) is 0 Å². The molecule has 1 aromatic rings. The van der Waals surface area contributed by atoms with Crippen LogP contribution in [0.1, 0.15) is 10.4 Å². The van der Waals surface area contributed by atoms with Crippen molar-refractivity contribution in [2.75, 3.05) is 33.9 Å². The van der Waals surface area contributed by atoms with Crippen molar-refractivity contribution in [1.29, 1.82) is 0 Å². The molecule has 5 N–H and O–H groups in total. The second-order valence-electron chi connectivity index (χ2n) is 4.86. The highest BCUT2D eigenvalue weighted by atomic mass is 16.5. The number of carboxylic acids is 1. The fourth-order valence-electron chi connectivity index (χ4n) is 1.77. The number of carbonyl (C=O) groups is 4. The van der Waals surface area contributed by atoms with Crippen molar-refractivity contribution < 1.29 is 38.9 Å². The summed E-state index contributed by atoms with van der Waals surface area (Å²) in [6.07, 6.45) is 0. The van der Waals surface area contributed by atoms with Crippen LogP contribution in [-0.4, -0.2) is 67.8 Å². The molecule has 11 nitrogen and oxygen atoms in total. The maximum absolute atomic E-state index is 12.1. The highest BCUT2D eigenvalue weighted by molar-refractivity contribution is 5.98. The molecular formula is C15H19N3O8. The third kappa shape index (κ3) is 6.19. The topological polar surface area (TPSA) is 163 Å². The van der Waals surface area contributed by atoms with Gasteiger partial charge in [-0.15, -0.1) is 0 Å². The summed E-state index contributed by atoms with van der Waals surface area (Å²) in [7, 11) is 2.61. The SMILES string of the molecule is COc1cc(C(=O)NCC(=O)NCC(=O)NCC(=O)O)cc(OC)c1O. The summed E-state index contributed by atoms with van der Waals surface area (Å²) >= 11 is 0. The quantitative estimate of drug-likeness (QED) is 0.349. The lowest BCUT2D eigenvalue weighted by Crippen LogP contribution is -2.42. The van der Waals surface area contributed by atoms with Crippen molar-refractivity contribution in [2.24, 2.45) is 0 Å². The molecule has 0 saturated heterocycles. The molecular weight excluding hydrogens is 350 g/mol. The lowest BCUT2D eigenvalue weighted by Gasteiger charge is -2.11. The molecule has 11 heteroatoms. The average Bonchev–Trinajstić information content (AvgIpc) is 2.62. The maximum Gasteiger partial charge on any atom is 0.322 e. The number of benzene rings is 1. The van der Waals surface area contributed by atoms with E-state index in [-0.39, 0.29) is 22.8 Å². The summed E-state index contributed by atoms with van der Waals surface area (Å²) in [6.45, 7) is -1.41. The Hall–Kier alpha value is -3.50. The van der Waals surface area contributed by atoms with Gasteiger partial charge in [-0.2, -0.15) is 0 Å². The normalized spacial score (nSPS) is 9.77. The van der Waals surface area contributed by atoms with Crippen molar-refractivity contribution in [3.05, 3.63) is 17.7 Å². The van der Waals surface area contributed by atoms with Gasteiger partial charge in [0.05, 0.1) is 27.3 Å². The third-order valence-electron chi connectivity index (χ3n) is 3.03. The zero-order valence-corrected chi connectivity index (χ0v) is 14.1. The smallest absolute Gasteiger partial charge is 0.322 e. The van der Waals surface area contributed by atoms with Gasteiger partial charge in [0, 0.05) is 5.56 Å². The fourth-order valence-corrected chi connectivity index (χ4v) is 1.77. The number of hydrogen-bond donors (Lipinski definition) is 5. The Balaban J connectivity index is 2.54. The van der Waals surface area contributed by atoms with E-state index < -0.39 is 43.3 Å². The zero-order chi connectivity index (χ0) is 19.7. The van der Waals surface area contributed by atoms with E-state index in [0.29, 0.717) is 0 Å². The number of aliphatic carboxylic acids is 1. The minimum absolute atomic E-state index is 0.0223. The first-order chi connectivity index (χ1) is 12.3. The summed E-state index contributed by atoms with van der Waals surface area (Å²) in [5.74, 6) is -3.40. The van der Waals surface area contributed by atoms with Crippen molar-refractivity contribution in [3.63, 3.8) is 0 Å². The van der Waals surface area contributed by atoms with E-state index in [9.17, 15) is 24.3 Å². The molecule has 0 aliphatic rings. The number of ether oxygens (including phenoxy) is 2. The van der Waals surface area contributed by atoms with E-state index >= 15 is 0 Å². The first-order valence-electron chi connectivity index (χ1n) is 7.26. The van der Waals surface area contributed by atoms with Crippen LogP contribution in [-0.2, 0) is 14.4 Å². The number of phenolic OH excluding ortho intramolecular Hbond substituents is 1. The van der Waals surface area contributed by atoms with Crippen LogP contribution in [0.15, 0.2) is 12.1 Å². The Labute approximate surface area is 148 Å². The molecule has 0 radical (unpaired) electrons. The minimum atomic E-state index is -1.21. The van der Waals surface area contributed by atoms with Gasteiger partial charge in [0.1, 0.15) is 6.54 Å². The van der Waals surface area contributed by atoms with Crippen LogP contribution in [0.5, 0.6) is 17.2 Å². The van der Waals surface area contributed by atoms with E-state index in [4.69, 9.17) is 14.6 Å². The molecule has 0 aliphatic heterocycles. The van der Waals surface area contributed by atoms with Crippen molar-refractivity contribution in [1.82, 2.24) is 16.0 Å². The summed E-state index contributed by atoms with van der Waals surface area (Å²) < 4.78 is 9.87. The number of rotatable bonds is 9. The lowest BCUT2D eigenvalue weighted by atomic mass is 10.1. The zero-order valence-electron chi connectivity index (χ0n) is 14.1. The van der Waals surface area contributed by atoms with Crippen LogP contribution in [0.4, 0.5) is 0 Å². The Morgan fingerprint density at radius 2 is 1.35 bits per heavy atom. The molecule has 0 bridgehead atoms. The molecule has 0 aromatic heterocycles. The highest BCUT2D eigenvalue weighted by Gasteiger charge is 2.16. The van der Waals surface area contributed by atoms with E-state index in [1.807, 2.05) is 0 Å². The van der Waals surface area contributed by atoms with Crippen LogP contribution < -0.4 is 25.4 Å². The van der Waals surface area contributed by atoms with Gasteiger partial charge >= 0.3 is 5.97 Å². The number of phenols is 1. The van der Waals surface area contributed by atoms with Crippen molar-refractivity contribution in [2.45, 2.75) is 0 Å². The molecule has 0 aliphatic carbocycles. The highest BCUT2D eigenvalue weighted by Crippen LogP contribution is 2.36. The second-order valence-corrected chi connectivity index (χ2v) is 4.86. The minimum Gasteiger partial charge on any atom is -0.502 e. The molecule has 3 amide bonds. The predicted octanol–water partition coefficient (Wildman–Crippen LogP) is -1.54. The Kier molecular flexibility index (Phi) is 7.67. The number of amides is 3. The number of carbonyl (C=O) groups excluding carboxylic acids is 3. The van der Waals surface area contributed by atoms with E-state index in [2.05, 4.69) is 16.0 Å². The molecule has 0 spiro atoms. The molecule has 0 saturated carbocycles. The summed E-state index contributed by atoms with van der Waals surface area (Å²) in [6, 6.07) is 2.54. The summed E-state index contributed by atoms with van der Waals surface area (Å²) in [5.41, 5.74) is 0.0866. The molecule has 142 valence electrons. The van der Waals surface area contributed by atoms with Gasteiger partial charge in [-0.1, -0.05) is 0 Å². The number of nitrogens with one attached hydrogen (secondary N) is 3. The fraction of sp³-hybridized carbons (Fsp3) is 0.333. The maximum atomic E-state index is 12.1. The van der Waals surface area contributed by atoms with Crippen molar-refractivity contribution in [3.8, 4) is 17.2 Å². The van der Waals surface area contributed by atoms with Crippen LogP contribution in [0.25, 0.3) is 0 Å². The van der Waals surface area contributed by atoms with Crippen LogP contribution in [0.3, 0.4) is 0 Å². The van der Waals surface area contributed by atoms with Gasteiger partial charge in [-0.25, -0.2) is 0 Å². The second kappa shape index (κ2) is 9.71. The molecule has 0 unspecified atom stereocenters. The lowest BCUT2D eigenvalue weighted by molar-refractivity contribution is -0.137. The van der Waals surface area contributed by atoms with Crippen molar-refractivity contribution >= 4 is 23.7 Å². The van der Waals surface area contributed by atoms with Gasteiger partial charge in [0.2, 0.25) is 17.6 Å². The Morgan fingerprint density at radius 3 is 1.81 bits per heavy atom. The standard InChI is InChI=1S/C15H19N3O8/c1-25-9-3-8(4-10(26-2)14(9)23)15(24)18-6-12(20)16-5-11(19)17-7-13(21)22/h3-4,23H,5-7H2,1-2H3,(H,16,20)(H,17,19)(H,18,24)(H,21,22). The number of hydrogen-bond acceptors (Lipinski definition) is 7. The molecule has 1 rings (SSSR count). The van der Waals surface area contributed by atoms with E-state index in [1.165, 1.54) is 26.4 Å². The first-order valence-corrected chi connectivity index (χ1v) is 7.26. The molecule has 26 heavy (non-hydrogen) atoms. The largest absolute Gasteiger partial charge is 0.502 e. The van der Waals surface area contributed by atoms with Crippen LogP contribution in [0, 0.1) is 0 Å². The third-order valence-corrected chi connectivity index (χ3v) is 3.03. The van der Waals surface area contributed by atoms with Gasteiger partial charge in [0.25, 0.3) is 5.91 Å². The molecule has 0 fully saturated rings. The van der Waals surface area contributed by atoms with Gasteiger partial charge in [-0.3, -0.25) is 19.2 Å². The Morgan fingerprint density at radius 1 is 0.885 bits per heavy atom. The summed E-state index contributed by atoms with van der Waals surface area (Å²) in [5, 5.41) is 24.8. The Bertz CT molecular complexity index is 679. The van der Waals surface area contributed by atoms with Crippen LogP contribution >= 0.6 is 0 Å². The molecule has 0 atom stereocenters.